The van der Waals surface area contributed by atoms with E-state index in [0.29, 0.717) is 0 Å². The van der Waals surface area contributed by atoms with Crippen LogP contribution in [0.5, 0.6) is 0 Å². The smallest absolute Gasteiger partial charge is 0.0252 e. The van der Waals surface area contributed by atoms with Gasteiger partial charge in [0, 0.05) is 22.3 Å². The third-order valence-electron chi connectivity index (χ3n) is 5.13. The molecule has 0 unspecified atom stereocenters. The molecular weight excluding hydrogens is 348 g/mol. The predicted molar refractivity (Wildman–Crippen MR) is 120 cm³/mol. The van der Waals surface area contributed by atoms with Gasteiger partial charge in [-0.3, -0.25) is 0 Å². The quantitative estimate of drug-likeness (QED) is 0.292. The van der Waals surface area contributed by atoms with Crippen LogP contribution in [0.2, 0.25) is 0 Å². The van der Waals surface area contributed by atoms with Crippen LogP contribution in [0.1, 0.15) is 33.4 Å². The van der Waals surface area contributed by atoms with Crippen LogP contribution >= 0.6 is 0 Å². The lowest BCUT2D eigenvalue weighted by Crippen LogP contribution is -1.83. The van der Waals surface area contributed by atoms with Gasteiger partial charge < -0.3 is 0 Å². The zero-order valence-corrected chi connectivity index (χ0v) is 15.9. The van der Waals surface area contributed by atoms with Crippen LogP contribution in [0.15, 0.2) is 97.1 Å². The highest BCUT2D eigenvalue weighted by Gasteiger charge is 2.18. The first-order chi connectivity index (χ1) is 14.3. The summed E-state index contributed by atoms with van der Waals surface area (Å²) in [6, 6.07) is 33.3. The molecule has 1 aliphatic carbocycles. The number of rotatable bonds is 0. The number of hydrogen-bond donors (Lipinski definition) is 0. The first kappa shape index (κ1) is 17.1. The maximum Gasteiger partial charge on any atom is 0.0252 e. The van der Waals surface area contributed by atoms with Crippen molar-refractivity contribution in [3.05, 3.63) is 130 Å². The van der Waals surface area contributed by atoms with Crippen molar-refractivity contribution in [2.75, 3.05) is 0 Å². The van der Waals surface area contributed by atoms with E-state index in [-0.39, 0.29) is 0 Å². The summed E-state index contributed by atoms with van der Waals surface area (Å²) in [5.41, 5.74) is 9.51. The molecule has 0 amide bonds. The Kier molecular flexibility index (Phi) is 4.46. The van der Waals surface area contributed by atoms with Crippen molar-refractivity contribution in [2.45, 2.75) is 6.42 Å². The van der Waals surface area contributed by atoms with E-state index in [2.05, 4.69) is 60.1 Å². The van der Waals surface area contributed by atoms with Crippen LogP contribution in [0, 0.1) is 23.7 Å². The average molecular weight is 366 g/mol. The zero-order valence-electron chi connectivity index (χ0n) is 15.9. The van der Waals surface area contributed by atoms with Crippen LogP contribution < -0.4 is 0 Å². The average Bonchev–Trinajstić information content (AvgIpc) is 3.14. The Labute approximate surface area is 171 Å². The Balaban J connectivity index is 1.41. The summed E-state index contributed by atoms with van der Waals surface area (Å²) in [5, 5.41) is 0. The third kappa shape index (κ3) is 3.70. The maximum atomic E-state index is 3.29. The highest BCUT2D eigenvalue weighted by Crippen LogP contribution is 2.37. The molecule has 0 atom stereocenters. The second kappa shape index (κ2) is 7.55. The van der Waals surface area contributed by atoms with Crippen LogP contribution in [0.4, 0.5) is 0 Å². The minimum atomic E-state index is 0.937. The van der Waals surface area contributed by atoms with Gasteiger partial charge in [-0.05, 0) is 77.2 Å². The SMILES string of the molecule is C(#Cc1ccc2c(c1)Cc1cc(C#Cc3ccccc3)ccc1-2)c1ccccc1. The normalized spacial score (nSPS) is 10.8. The molecule has 0 fully saturated rings. The van der Waals surface area contributed by atoms with Crippen LogP contribution in [-0.4, -0.2) is 0 Å². The van der Waals surface area contributed by atoms with Crippen molar-refractivity contribution in [3.63, 3.8) is 0 Å². The summed E-state index contributed by atoms with van der Waals surface area (Å²) in [6.45, 7) is 0. The molecule has 0 saturated carbocycles. The molecule has 4 aromatic carbocycles. The molecule has 0 radical (unpaired) electrons. The zero-order chi connectivity index (χ0) is 19.5. The number of fused-ring (bicyclic) bond motifs is 3. The minimum Gasteiger partial charge on any atom is -0.0622 e. The third-order valence-corrected chi connectivity index (χ3v) is 5.13. The summed E-state index contributed by atoms with van der Waals surface area (Å²) in [4.78, 5) is 0. The second-order valence-corrected chi connectivity index (χ2v) is 7.15. The van der Waals surface area contributed by atoms with Crippen LogP contribution in [-0.2, 0) is 6.42 Å². The van der Waals surface area contributed by atoms with Gasteiger partial charge in [-0.25, -0.2) is 0 Å². The Hall–Kier alpha value is -4.00. The van der Waals surface area contributed by atoms with E-state index in [1.807, 2.05) is 60.7 Å². The minimum absolute atomic E-state index is 0.937. The number of hydrogen-bond acceptors (Lipinski definition) is 0. The van der Waals surface area contributed by atoms with Crippen molar-refractivity contribution < 1.29 is 0 Å². The van der Waals surface area contributed by atoms with Gasteiger partial charge in [0.05, 0.1) is 0 Å². The van der Waals surface area contributed by atoms with Gasteiger partial charge in [0.25, 0.3) is 0 Å². The largest absolute Gasteiger partial charge is 0.0622 e. The highest BCUT2D eigenvalue weighted by atomic mass is 14.2. The van der Waals surface area contributed by atoms with E-state index < -0.39 is 0 Å². The van der Waals surface area contributed by atoms with Gasteiger partial charge in [0.1, 0.15) is 0 Å². The van der Waals surface area contributed by atoms with E-state index in [0.717, 1.165) is 28.7 Å². The predicted octanol–water partition coefficient (Wildman–Crippen LogP) is 6.06. The number of benzene rings is 4. The van der Waals surface area contributed by atoms with E-state index in [1.165, 1.54) is 22.3 Å². The second-order valence-electron chi connectivity index (χ2n) is 7.15. The molecule has 0 saturated heterocycles. The molecular formula is C29H18. The molecule has 0 heterocycles. The Morgan fingerprint density at radius 2 is 0.828 bits per heavy atom. The van der Waals surface area contributed by atoms with Gasteiger partial charge in [0.15, 0.2) is 0 Å². The maximum absolute atomic E-state index is 3.29. The lowest BCUT2D eigenvalue weighted by atomic mass is 10.0. The molecule has 0 aromatic heterocycles. The Bertz CT molecular complexity index is 1200. The summed E-state index contributed by atoms with van der Waals surface area (Å²) in [6.07, 6.45) is 0.937. The van der Waals surface area contributed by atoms with Gasteiger partial charge in [-0.15, -0.1) is 0 Å². The van der Waals surface area contributed by atoms with Crippen molar-refractivity contribution in [1.82, 2.24) is 0 Å². The fourth-order valence-corrected chi connectivity index (χ4v) is 3.70. The van der Waals surface area contributed by atoms with Crippen molar-refractivity contribution >= 4 is 0 Å². The van der Waals surface area contributed by atoms with Crippen molar-refractivity contribution in [3.8, 4) is 34.8 Å². The molecule has 0 heteroatoms. The van der Waals surface area contributed by atoms with E-state index in [9.17, 15) is 0 Å². The molecule has 1 aliphatic rings. The first-order valence-corrected chi connectivity index (χ1v) is 9.75. The van der Waals surface area contributed by atoms with Crippen molar-refractivity contribution in [2.24, 2.45) is 0 Å². The molecule has 0 aliphatic heterocycles. The Morgan fingerprint density at radius 3 is 1.28 bits per heavy atom. The van der Waals surface area contributed by atoms with Crippen molar-refractivity contribution in [1.29, 1.82) is 0 Å². The van der Waals surface area contributed by atoms with Gasteiger partial charge in [-0.2, -0.15) is 0 Å². The van der Waals surface area contributed by atoms with E-state index in [4.69, 9.17) is 0 Å². The van der Waals surface area contributed by atoms with E-state index in [1.54, 1.807) is 0 Å². The molecule has 4 aromatic rings. The molecule has 0 N–H and O–H groups in total. The molecule has 29 heavy (non-hydrogen) atoms. The lowest BCUT2D eigenvalue weighted by Gasteiger charge is -2.01. The highest BCUT2D eigenvalue weighted by molar-refractivity contribution is 5.78. The molecule has 5 rings (SSSR count). The molecule has 0 bridgehead atoms. The standard InChI is InChI=1S/C29H18/c1-3-7-22(8-4-1)11-13-24-15-17-28-26(19-24)21-27-20-25(16-18-29(27)28)14-12-23-9-5-2-6-10-23/h1-10,15-20H,21H2. The lowest BCUT2D eigenvalue weighted by molar-refractivity contribution is 1.26. The Morgan fingerprint density at radius 1 is 0.414 bits per heavy atom. The topological polar surface area (TPSA) is 0 Å². The molecule has 0 nitrogen and oxygen atoms in total. The van der Waals surface area contributed by atoms with Gasteiger partial charge in [-0.1, -0.05) is 72.2 Å². The van der Waals surface area contributed by atoms with E-state index >= 15 is 0 Å². The van der Waals surface area contributed by atoms with Gasteiger partial charge >= 0.3 is 0 Å². The summed E-state index contributed by atoms with van der Waals surface area (Å²) < 4.78 is 0. The summed E-state index contributed by atoms with van der Waals surface area (Å²) in [5.74, 6) is 13.1. The first-order valence-electron chi connectivity index (χ1n) is 9.75. The fourth-order valence-electron chi connectivity index (χ4n) is 3.70. The van der Waals surface area contributed by atoms with Crippen LogP contribution in [0.3, 0.4) is 0 Å². The van der Waals surface area contributed by atoms with Gasteiger partial charge in [0.2, 0.25) is 0 Å². The fraction of sp³-hybridized carbons (Fsp3) is 0.0345. The molecule has 134 valence electrons. The monoisotopic (exact) mass is 366 g/mol. The summed E-state index contributed by atoms with van der Waals surface area (Å²) in [7, 11) is 0. The molecule has 0 spiro atoms. The van der Waals surface area contributed by atoms with Crippen LogP contribution in [0.25, 0.3) is 11.1 Å². The summed E-state index contributed by atoms with van der Waals surface area (Å²) >= 11 is 0.